The first-order valence-corrected chi connectivity index (χ1v) is 4.15. The van der Waals surface area contributed by atoms with Crippen molar-refractivity contribution in [1.82, 2.24) is 5.32 Å². The molecule has 0 aromatic rings. The first kappa shape index (κ1) is 8.97. The Bertz CT molecular complexity index is 140. The highest BCUT2D eigenvalue weighted by Gasteiger charge is 2.48. The number of rotatable bonds is 4. The summed E-state index contributed by atoms with van der Waals surface area (Å²) in [4.78, 5) is 0. The van der Waals surface area contributed by atoms with E-state index in [0.717, 1.165) is 6.54 Å². The predicted molar refractivity (Wildman–Crippen MR) is 43.5 cm³/mol. The Hall–Kier alpha value is -0.120. The van der Waals surface area contributed by atoms with Crippen molar-refractivity contribution in [3.63, 3.8) is 0 Å². The summed E-state index contributed by atoms with van der Waals surface area (Å²) in [6.07, 6.45) is 0.485. The molecule has 1 heterocycles. The minimum atomic E-state index is -0.242. The summed E-state index contributed by atoms with van der Waals surface area (Å²) in [6, 6.07) is 0. The van der Waals surface area contributed by atoms with Crippen molar-refractivity contribution in [2.75, 3.05) is 13.2 Å². The van der Waals surface area contributed by atoms with Crippen molar-refractivity contribution in [2.45, 2.75) is 38.5 Å². The number of hydrogen-bond donors (Lipinski definition) is 2. The van der Waals surface area contributed by atoms with E-state index < -0.39 is 0 Å². The molecule has 2 N–H and O–H groups in total. The molecule has 1 fully saturated rings. The summed E-state index contributed by atoms with van der Waals surface area (Å²) < 4.78 is 5.30. The molecule has 3 unspecified atom stereocenters. The van der Waals surface area contributed by atoms with Gasteiger partial charge < -0.3 is 15.2 Å². The molecule has 0 aromatic heterocycles. The number of hydrogen-bond acceptors (Lipinski definition) is 3. The van der Waals surface area contributed by atoms with Crippen molar-refractivity contribution in [2.24, 2.45) is 0 Å². The minimum Gasteiger partial charge on any atom is -0.394 e. The van der Waals surface area contributed by atoms with E-state index in [1.807, 2.05) is 20.8 Å². The Morgan fingerprint density at radius 1 is 1.64 bits per heavy atom. The van der Waals surface area contributed by atoms with Crippen molar-refractivity contribution >= 4 is 0 Å². The third kappa shape index (κ3) is 1.72. The van der Waals surface area contributed by atoms with Gasteiger partial charge in [0.25, 0.3) is 0 Å². The van der Waals surface area contributed by atoms with Crippen LogP contribution in [0.1, 0.15) is 20.8 Å². The molecule has 0 amide bonds. The van der Waals surface area contributed by atoms with Crippen LogP contribution >= 0.6 is 0 Å². The predicted octanol–water partition coefficient (Wildman–Crippen LogP) is 0.134. The van der Waals surface area contributed by atoms with E-state index in [9.17, 15) is 0 Å². The van der Waals surface area contributed by atoms with Gasteiger partial charge in [-0.1, -0.05) is 6.92 Å². The van der Waals surface area contributed by atoms with Gasteiger partial charge in [0.2, 0.25) is 0 Å². The summed E-state index contributed by atoms with van der Waals surface area (Å²) in [5, 5.41) is 12.3. The van der Waals surface area contributed by atoms with Crippen molar-refractivity contribution in [3.05, 3.63) is 0 Å². The molecule has 66 valence electrons. The number of ether oxygens (including phenoxy) is 1. The zero-order chi connectivity index (χ0) is 8.48. The van der Waals surface area contributed by atoms with Gasteiger partial charge >= 0.3 is 0 Å². The average Bonchev–Trinajstić information content (AvgIpc) is 2.68. The summed E-state index contributed by atoms with van der Waals surface area (Å²) in [6.45, 7) is 7.04. The summed E-state index contributed by atoms with van der Waals surface area (Å²) in [5.41, 5.74) is -0.242. The number of aliphatic hydroxyl groups is 1. The number of nitrogens with one attached hydrogen (secondary N) is 1. The zero-order valence-electron chi connectivity index (χ0n) is 7.42. The quantitative estimate of drug-likeness (QED) is 0.573. The maximum Gasteiger partial charge on any atom is 0.104 e. The standard InChI is InChI=1S/C8H17NO2/c1-4-9-8(3,5-10)7-6(2)11-7/h6-7,9-10H,4-5H2,1-3H3. The van der Waals surface area contributed by atoms with Crippen LogP contribution in [0.15, 0.2) is 0 Å². The van der Waals surface area contributed by atoms with Crippen LogP contribution in [0.4, 0.5) is 0 Å². The van der Waals surface area contributed by atoms with E-state index in [1.54, 1.807) is 0 Å². The van der Waals surface area contributed by atoms with Crippen LogP contribution in [0, 0.1) is 0 Å². The normalized spacial score (nSPS) is 34.9. The average molecular weight is 159 g/mol. The monoisotopic (exact) mass is 159 g/mol. The molecule has 1 aliphatic rings. The van der Waals surface area contributed by atoms with E-state index in [4.69, 9.17) is 9.84 Å². The summed E-state index contributed by atoms with van der Waals surface area (Å²) >= 11 is 0. The first-order chi connectivity index (χ1) is 5.14. The first-order valence-electron chi connectivity index (χ1n) is 4.15. The largest absolute Gasteiger partial charge is 0.394 e. The lowest BCUT2D eigenvalue weighted by molar-refractivity contribution is 0.143. The van der Waals surface area contributed by atoms with Gasteiger partial charge in [0.1, 0.15) is 6.10 Å². The molecule has 3 heteroatoms. The molecule has 0 spiro atoms. The fourth-order valence-electron chi connectivity index (χ4n) is 1.50. The highest BCUT2D eigenvalue weighted by Crippen LogP contribution is 2.31. The Labute approximate surface area is 67.7 Å². The molecule has 1 rings (SSSR count). The molecule has 11 heavy (non-hydrogen) atoms. The molecule has 0 saturated carbocycles. The second kappa shape index (κ2) is 3.09. The fourth-order valence-corrected chi connectivity index (χ4v) is 1.50. The van der Waals surface area contributed by atoms with Gasteiger partial charge in [-0.2, -0.15) is 0 Å². The van der Waals surface area contributed by atoms with E-state index in [1.165, 1.54) is 0 Å². The molecule has 3 atom stereocenters. The second-order valence-corrected chi connectivity index (χ2v) is 3.37. The molecular weight excluding hydrogens is 142 g/mol. The van der Waals surface area contributed by atoms with Crippen molar-refractivity contribution in [1.29, 1.82) is 0 Å². The van der Waals surface area contributed by atoms with Crippen LogP contribution in [-0.2, 0) is 4.74 Å². The lowest BCUT2D eigenvalue weighted by atomic mass is 9.97. The lowest BCUT2D eigenvalue weighted by Gasteiger charge is -2.26. The van der Waals surface area contributed by atoms with Crippen LogP contribution in [0.5, 0.6) is 0 Å². The summed E-state index contributed by atoms with van der Waals surface area (Å²) in [5.74, 6) is 0. The van der Waals surface area contributed by atoms with E-state index in [-0.39, 0.29) is 18.2 Å². The van der Waals surface area contributed by atoms with Crippen LogP contribution in [-0.4, -0.2) is 36.0 Å². The molecule has 0 radical (unpaired) electrons. The highest BCUT2D eigenvalue weighted by atomic mass is 16.6. The van der Waals surface area contributed by atoms with Crippen LogP contribution in [0.2, 0.25) is 0 Å². The maximum atomic E-state index is 9.10. The molecule has 1 saturated heterocycles. The van der Waals surface area contributed by atoms with Gasteiger partial charge in [-0.15, -0.1) is 0 Å². The van der Waals surface area contributed by atoms with E-state index in [0.29, 0.717) is 6.10 Å². The van der Waals surface area contributed by atoms with Crippen molar-refractivity contribution < 1.29 is 9.84 Å². The molecular formula is C8H17NO2. The Morgan fingerprint density at radius 3 is 2.45 bits per heavy atom. The van der Waals surface area contributed by atoms with Gasteiger partial charge in [-0.25, -0.2) is 0 Å². The smallest absolute Gasteiger partial charge is 0.104 e. The van der Waals surface area contributed by atoms with Crippen LogP contribution in [0.25, 0.3) is 0 Å². The maximum absolute atomic E-state index is 9.10. The molecule has 0 bridgehead atoms. The van der Waals surface area contributed by atoms with Crippen LogP contribution in [0.3, 0.4) is 0 Å². The number of likely N-dealkylation sites (N-methyl/N-ethyl adjacent to an activating group) is 1. The molecule has 0 aromatic carbocycles. The number of epoxide rings is 1. The van der Waals surface area contributed by atoms with Gasteiger partial charge in [0.15, 0.2) is 0 Å². The molecule has 1 aliphatic heterocycles. The Morgan fingerprint density at radius 2 is 2.18 bits per heavy atom. The van der Waals surface area contributed by atoms with Gasteiger partial charge in [0.05, 0.1) is 18.2 Å². The van der Waals surface area contributed by atoms with Gasteiger partial charge in [0, 0.05) is 0 Å². The topological polar surface area (TPSA) is 44.8 Å². The fraction of sp³-hybridized carbons (Fsp3) is 1.00. The minimum absolute atomic E-state index is 0.135. The number of aliphatic hydroxyl groups excluding tert-OH is 1. The highest BCUT2D eigenvalue weighted by molar-refractivity contribution is 5.01. The molecule has 3 nitrogen and oxygen atoms in total. The third-order valence-corrected chi connectivity index (χ3v) is 2.25. The second-order valence-electron chi connectivity index (χ2n) is 3.37. The third-order valence-electron chi connectivity index (χ3n) is 2.25. The summed E-state index contributed by atoms with van der Waals surface area (Å²) in [7, 11) is 0. The lowest BCUT2D eigenvalue weighted by Crippen LogP contribution is -2.51. The zero-order valence-corrected chi connectivity index (χ0v) is 7.42. The Kier molecular flexibility index (Phi) is 2.52. The van der Waals surface area contributed by atoms with Gasteiger partial charge in [-0.05, 0) is 20.4 Å². The van der Waals surface area contributed by atoms with Crippen LogP contribution < -0.4 is 5.32 Å². The Balaban J connectivity index is 2.46. The van der Waals surface area contributed by atoms with Gasteiger partial charge in [-0.3, -0.25) is 0 Å². The van der Waals surface area contributed by atoms with E-state index >= 15 is 0 Å². The van der Waals surface area contributed by atoms with E-state index in [2.05, 4.69) is 5.32 Å². The SMILES string of the molecule is CCNC(C)(CO)C1OC1C. The molecule has 0 aliphatic carbocycles. The van der Waals surface area contributed by atoms with Crippen molar-refractivity contribution in [3.8, 4) is 0 Å².